The highest BCUT2D eigenvalue weighted by molar-refractivity contribution is 6.11. The zero-order chi connectivity index (χ0) is 54.2. The summed E-state index contributed by atoms with van der Waals surface area (Å²) >= 11 is 0. The summed E-state index contributed by atoms with van der Waals surface area (Å²) in [5.41, 5.74) is 13.7. The van der Waals surface area contributed by atoms with Gasteiger partial charge in [-0.05, 0) is 110 Å². The largest absolute Gasteiger partial charge is 0.458 e. The summed E-state index contributed by atoms with van der Waals surface area (Å²) in [5.74, 6) is 2.37. The van der Waals surface area contributed by atoms with Gasteiger partial charge in [0, 0.05) is 39.3 Å². The highest BCUT2D eigenvalue weighted by Crippen LogP contribution is 2.46. The number of para-hydroxylation sites is 1. The van der Waals surface area contributed by atoms with Crippen molar-refractivity contribution in [1.82, 2.24) is 14.1 Å². The Bertz CT molecular complexity index is 3670. The minimum Gasteiger partial charge on any atom is -0.458 e. The highest BCUT2D eigenvalue weighted by Gasteiger charge is 2.36. The molecule has 0 spiro atoms. The number of imidazole rings is 1. The van der Waals surface area contributed by atoms with Crippen LogP contribution in [0.4, 0.5) is 0 Å². The van der Waals surface area contributed by atoms with E-state index in [4.69, 9.17) is 9.72 Å². The van der Waals surface area contributed by atoms with E-state index in [0.717, 1.165) is 39.7 Å². The van der Waals surface area contributed by atoms with Crippen LogP contribution >= 0.6 is 0 Å². The van der Waals surface area contributed by atoms with E-state index in [-0.39, 0.29) is 27.1 Å². The Morgan fingerprint density at radius 2 is 0.987 bits per heavy atom. The lowest BCUT2D eigenvalue weighted by Crippen LogP contribution is -2.41. The van der Waals surface area contributed by atoms with E-state index in [0.29, 0.717) is 0 Å². The first kappa shape index (κ1) is 52.0. The van der Waals surface area contributed by atoms with Gasteiger partial charge in [0.25, 0.3) is 6.33 Å². The molecule has 0 aliphatic heterocycles. The van der Waals surface area contributed by atoms with Crippen LogP contribution in [-0.4, -0.2) is 14.1 Å². The first-order valence-electron chi connectivity index (χ1n) is 27.1. The number of nitrogens with zero attached hydrogens (tertiary/aromatic N) is 4. The second-order valence-corrected chi connectivity index (χ2v) is 25.7. The maximum atomic E-state index is 7.22. The molecule has 0 N–H and O–H groups in total. The third kappa shape index (κ3) is 9.48. The Balaban J connectivity index is 1.17. The van der Waals surface area contributed by atoms with Gasteiger partial charge in [-0.2, -0.15) is 0 Å². The molecule has 3 aromatic heterocycles. The second-order valence-electron chi connectivity index (χ2n) is 25.7. The molecule has 0 saturated heterocycles. The van der Waals surface area contributed by atoms with Gasteiger partial charge in [0.15, 0.2) is 0 Å². The Kier molecular flexibility index (Phi) is 13.0. The lowest BCUT2D eigenvalue weighted by molar-refractivity contribution is -0.611. The molecule has 76 heavy (non-hydrogen) atoms. The van der Waals surface area contributed by atoms with Gasteiger partial charge in [0.05, 0.1) is 33.8 Å². The van der Waals surface area contributed by atoms with Crippen molar-refractivity contribution in [1.29, 1.82) is 0 Å². The minimum atomic E-state index is -0.390. The van der Waals surface area contributed by atoms with Crippen molar-refractivity contribution in [3.05, 3.63) is 245 Å². The standard InChI is InChI=1S/C71H76N4O/c1-66(2,3)51-38-39-72-62(43-51)75-60-37-26-25-36-58(60)63-59(71(14,15)50-32-23-18-24-33-50)45-57(46-61(63)75)76-56-35-27-34-54(44-56)73-47-74(65(68(7,8)9)64(73)67(4,5)6)55-41-52(69(10,11)48-28-19-16-20-29-48)40-53(42-55)70(12,13)49-30-21-17-22-31-49/h16-46H,1-15H3. The van der Waals surface area contributed by atoms with Crippen LogP contribution in [0.5, 0.6) is 11.5 Å². The van der Waals surface area contributed by atoms with Gasteiger partial charge in [-0.1, -0.05) is 225 Å². The zero-order valence-electron chi connectivity index (χ0n) is 47.6. The van der Waals surface area contributed by atoms with Crippen LogP contribution in [0.3, 0.4) is 0 Å². The van der Waals surface area contributed by atoms with Crippen molar-refractivity contribution < 1.29 is 9.30 Å². The SMILES string of the molecule is CC(C)(C)c1ccnc(-n2c3ccccc3c3c(C(C)(C)c4ccccc4)cc(Oc4cccc(-n5[c-][n+](-c6cc(C(C)(C)c7ccccc7)cc(C(C)(C)c7ccccc7)c6)c(C(C)(C)C)c5C(C)(C)C)c4)cc32)c1. The number of hydrogen-bond donors (Lipinski definition) is 0. The van der Waals surface area contributed by atoms with Crippen molar-refractivity contribution in [2.75, 3.05) is 0 Å². The van der Waals surface area contributed by atoms with E-state index in [1.54, 1.807) is 0 Å². The van der Waals surface area contributed by atoms with Crippen molar-refractivity contribution in [3.8, 4) is 28.7 Å². The zero-order valence-corrected chi connectivity index (χ0v) is 47.6. The fraction of sp³-hybridized carbons (Fsp3) is 0.296. The van der Waals surface area contributed by atoms with Gasteiger partial charge >= 0.3 is 0 Å². The minimum absolute atomic E-state index is 0.0569. The van der Waals surface area contributed by atoms with Crippen LogP contribution in [0.1, 0.15) is 154 Å². The predicted molar refractivity (Wildman–Crippen MR) is 317 cm³/mol. The van der Waals surface area contributed by atoms with E-state index in [1.807, 2.05) is 6.20 Å². The average Bonchev–Trinajstić information content (AvgIpc) is 4.04. The Hall–Kier alpha value is -7.50. The summed E-state index contributed by atoms with van der Waals surface area (Å²) < 4.78 is 14.2. The maximum Gasteiger partial charge on any atom is 0.269 e. The van der Waals surface area contributed by atoms with Crippen molar-refractivity contribution in [2.45, 2.75) is 136 Å². The van der Waals surface area contributed by atoms with Gasteiger partial charge < -0.3 is 4.74 Å². The molecule has 5 nitrogen and oxygen atoms in total. The molecule has 0 atom stereocenters. The molecule has 386 valence electrons. The molecule has 0 aliphatic rings. The van der Waals surface area contributed by atoms with Crippen LogP contribution in [0.2, 0.25) is 0 Å². The Labute approximate surface area is 452 Å². The number of fused-ring (bicyclic) bond motifs is 3. The number of rotatable bonds is 11. The van der Waals surface area contributed by atoms with Crippen LogP contribution in [0.15, 0.2) is 188 Å². The topological polar surface area (TPSA) is 35.9 Å². The lowest BCUT2D eigenvalue weighted by Gasteiger charge is -2.33. The summed E-state index contributed by atoms with van der Waals surface area (Å²) in [7, 11) is 0. The monoisotopic (exact) mass is 1000 g/mol. The Morgan fingerprint density at radius 1 is 0.434 bits per heavy atom. The molecule has 7 aromatic carbocycles. The molecule has 0 fully saturated rings. The fourth-order valence-corrected chi connectivity index (χ4v) is 11.4. The summed E-state index contributed by atoms with van der Waals surface area (Å²) in [6.45, 7) is 34.8. The normalized spacial score (nSPS) is 12.9. The van der Waals surface area contributed by atoms with E-state index < -0.39 is 5.41 Å². The molecule has 0 saturated carbocycles. The van der Waals surface area contributed by atoms with Crippen molar-refractivity contribution in [3.63, 3.8) is 0 Å². The lowest BCUT2D eigenvalue weighted by atomic mass is 9.73. The highest BCUT2D eigenvalue weighted by atomic mass is 16.5. The van der Waals surface area contributed by atoms with Gasteiger partial charge in [-0.3, -0.25) is 13.7 Å². The quantitative estimate of drug-likeness (QED) is 0.0956. The molecule has 0 bridgehead atoms. The molecular weight excluding hydrogens is 925 g/mol. The van der Waals surface area contributed by atoms with E-state index in [9.17, 15) is 0 Å². The van der Waals surface area contributed by atoms with Gasteiger partial charge in [0.2, 0.25) is 0 Å². The number of pyridine rings is 1. The maximum absolute atomic E-state index is 7.22. The summed E-state index contributed by atoms with van der Waals surface area (Å²) in [6.07, 6.45) is 5.97. The number of benzene rings is 7. The van der Waals surface area contributed by atoms with Gasteiger partial charge in [0.1, 0.15) is 17.3 Å². The molecule has 10 rings (SSSR count). The third-order valence-corrected chi connectivity index (χ3v) is 16.0. The average molecular weight is 1000 g/mol. The molecule has 0 radical (unpaired) electrons. The van der Waals surface area contributed by atoms with Gasteiger partial charge in [-0.25, -0.2) is 4.98 Å². The number of hydrogen-bond acceptors (Lipinski definition) is 2. The number of aromatic nitrogens is 4. The first-order valence-corrected chi connectivity index (χ1v) is 27.1. The van der Waals surface area contributed by atoms with Gasteiger partial charge in [-0.15, -0.1) is 0 Å². The van der Waals surface area contributed by atoms with E-state index >= 15 is 0 Å². The molecule has 5 heteroatoms. The van der Waals surface area contributed by atoms with Crippen LogP contribution in [-0.2, 0) is 32.5 Å². The number of ether oxygens (including phenoxy) is 1. The second kappa shape index (κ2) is 19.0. The van der Waals surface area contributed by atoms with Crippen LogP contribution in [0.25, 0.3) is 39.0 Å². The molecule has 0 aliphatic carbocycles. The van der Waals surface area contributed by atoms with Crippen molar-refractivity contribution >= 4 is 21.8 Å². The molecule has 10 aromatic rings. The summed E-state index contributed by atoms with van der Waals surface area (Å²) in [5, 5.41) is 2.37. The molecule has 0 unspecified atom stereocenters. The predicted octanol–water partition coefficient (Wildman–Crippen LogP) is 17.7. The molecule has 3 heterocycles. The Morgan fingerprint density at radius 3 is 1.54 bits per heavy atom. The van der Waals surface area contributed by atoms with Crippen LogP contribution < -0.4 is 9.30 Å². The van der Waals surface area contributed by atoms with E-state index in [1.165, 1.54) is 61.1 Å². The fourth-order valence-electron chi connectivity index (χ4n) is 11.4. The first-order chi connectivity index (χ1) is 35.8. The molecular formula is C71H76N4O. The van der Waals surface area contributed by atoms with Crippen LogP contribution in [0, 0.1) is 6.33 Å². The van der Waals surface area contributed by atoms with E-state index in [2.05, 4.69) is 306 Å². The van der Waals surface area contributed by atoms with Crippen molar-refractivity contribution in [2.24, 2.45) is 0 Å². The summed E-state index contributed by atoms with van der Waals surface area (Å²) in [6, 6.07) is 66.0. The molecule has 0 amide bonds. The smallest absolute Gasteiger partial charge is 0.269 e. The third-order valence-electron chi connectivity index (χ3n) is 16.0. The summed E-state index contributed by atoms with van der Waals surface area (Å²) in [4.78, 5) is 5.06.